The van der Waals surface area contributed by atoms with E-state index in [2.05, 4.69) is 0 Å². The van der Waals surface area contributed by atoms with Crippen LogP contribution in [0.15, 0.2) is 0 Å². The molecule has 0 aromatic carbocycles. The van der Waals surface area contributed by atoms with Gasteiger partial charge in [0.25, 0.3) is 0 Å². The van der Waals surface area contributed by atoms with E-state index in [0.717, 1.165) is 0 Å². The van der Waals surface area contributed by atoms with Crippen molar-refractivity contribution in [2.75, 3.05) is 0 Å². The van der Waals surface area contributed by atoms with Crippen LogP contribution >= 0.6 is 0 Å². The molecule has 0 aliphatic rings. The van der Waals surface area contributed by atoms with Crippen molar-refractivity contribution >= 4 is 0 Å². The van der Waals surface area contributed by atoms with Crippen molar-refractivity contribution in [1.29, 1.82) is 0 Å². The van der Waals surface area contributed by atoms with E-state index in [4.69, 9.17) is 0 Å². The largest absolute Gasteiger partial charge is 4.00 e. The van der Waals surface area contributed by atoms with Crippen LogP contribution in [0.5, 0.6) is 0 Å². The summed E-state index contributed by atoms with van der Waals surface area (Å²) in [7, 11) is 0. The number of nitrogens with zero attached hydrogens (tertiary/aromatic N) is 8. The minimum absolute atomic E-state index is 0. The van der Waals surface area contributed by atoms with Crippen LogP contribution in [0.1, 0.15) is 0 Å². The molecule has 0 aromatic rings. The van der Waals surface area contributed by atoms with Gasteiger partial charge in [-0.1, -0.05) is 0 Å². The zero-order valence-corrected chi connectivity index (χ0v) is 17.5. The van der Waals surface area contributed by atoms with E-state index in [1.807, 2.05) is 0 Å². The SMILES string of the molecule is [N-3].[N-3].[N-3].[N-3].[N-3].[N-3].[N-3].[N-3].[Pt+4].[Pt+4].[Pt+4].[Ti+4].[Ti+4].[Ti+4]. The summed E-state index contributed by atoms with van der Waals surface area (Å²) in [6.07, 6.45) is 0. The second-order valence-corrected chi connectivity index (χ2v) is 0. The molecule has 0 aliphatic heterocycles. The van der Waals surface area contributed by atoms with Gasteiger partial charge in [-0.3, -0.25) is 0 Å². The van der Waals surface area contributed by atoms with Crippen molar-refractivity contribution in [3.63, 3.8) is 0 Å². The first kappa shape index (κ1) is 338. The second-order valence-electron chi connectivity index (χ2n) is 0. The van der Waals surface area contributed by atoms with Crippen LogP contribution in [0.25, 0.3) is 49.2 Å². The quantitative estimate of drug-likeness (QED) is 0.319. The molecule has 0 aliphatic carbocycles. The van der Waals surface area contributed by atoms with Gasteiger partial charge in [-0.05, 0) is 0 Å². The molecule has 0 saturated heterocycles. The fourth-order valence-electron chi connectivity index (χ4n) is 0. The Morgan fingerprint density at radius 3 is 0.214 bits per heavy atom. The van der Waals surface area contributed by atoms with Gasteiger partial charge in [-0.2, -0.15) is 0 Å². The molecule has 0 bridgehead atoms. The van der Waals surface area contributed by atoms with Crippen molar-refractivity contribution in [3.05, 3.63) is 49.2 Å². The smallest absolute Gasteiger partial charge is 3.00 e. The van der Waals surface area contributed by atoms with Gasteiger partial charge in [0.1, 0.15) is 0 Å². The van der Waals surface area contributed by atoms with Gasteiger partial charge in [-0.15, -0.1) is 0 Å². The Bertz CT molecular complexity index is 19.8. The van der Waals surface area contributed by atoms with Gasteiger partial charge in [-0.25, -0.2) is 0 Å². The minimum atomic E-state index is 0. The molecule has 0 spiro atoms. The van der Waals surface area contributed by atoms with E-state index in [9.17, 15) is 0 Å². The van der Waals surface area contributed by atoms with Crippen LogP contribution in [0.4, 0.5) is 0 Å². The summed E-state index contributed by atoms with van der Waals surface area (Å²) in [6, 6.07) is 0. The van der Waals surface area contributed by atoms with Gasteiger partial charge >= 0.3 is 128 Å². The van der Waals surface area contributed by atoms with E-state index in [-0.39, 0.29) is 178 Å². The summed E-state index contributed by atoms with van der Waals surface area (Å²) in [6.45, 7) is 0. The standard InChI is InChI=1S/8N.3Pt.3Ti/q8*-3;6*+4. The Balaban J connectivity index is 0. The van der Waals surface area contributed by atoms with E-state index < -0.39 is 0 Å². The summed E-state index contributed by atoms with van der Waals surface area (Å²) in [5.74, 6) is 0. The number of hydrogen-bond acceptors (Lipinski definition) is 0. The normalized spacial score (nSPS) is 0. The Kier molecular flexibility index (Phi) is 6800. The predicted octanol–water partition coefficient (Wildman–Crippen LogP) is 2.29. The first-order valence-corrected chi connectivity index (χ1v) is 0. The predicted molar refractivity (Wildman–Crippen MR) is 26.9 cm³/mol. The zero-order chi connectivity index (χ0) is 0. The second kappa shape index (κ2) is 282. The molecule has 0 fully saturated rings. The van der Waals surface area contributed by atoms with Crippen molar-refractivity contribution in [3.8, 4) is 0 Å². The van der Waals surface area contributed by atoms with Crippen LogP contribution in [0, 0.1) is 0 Å². The van der Waals surface area contributed by atoms with E-state index in [1.165, 1.54) is 0 Å². The average molecular weight is 841 g/mol. The molecular weight excluding hydrogens is 841 g/mol. The summed E-state index contributed by atoms with van der Waals surface area (Å²) in [5, 5.41) is 0. The molecule has 0 saturated carbocycles. The first-order valence-electron chi connectivity index (χ1n) is 0. The van der Waals surface area contributed by atoms with Crippen LogP contribution in [0.3, 0.4) is 0 Å². The Labute approximate surface area is 175 Å². The maximum absolute atomic E-state index is 0. The number of rotatable bonds is 0. The van der Waals surface area contributed by atoms with E-state index in [0.29, 0.717) is 0 Å². The van der Waals surface area contributed by atoms with Gasteiger partial charge in [0.2, 0.25) is 0 Å². The Morgan fingerprint density at radius 1 is 0.214 bits per heavy atom. The first-order chi connectivity index (χ1) is 0. The Morgan fingerprint density at radius 2 is 0.214 bits per heavy atom. The van der Waals surface area contributed by atoms with Gasteiger partial charge in [0.05, 0.1) is 0 Å². The molecule has 14 heavy (non-hydrogen) atoms. The molecule has 0 atom stereocenters. The zero-order valence-electron chi connectivity index (χ0n) is 6.03. The molecule has 8 nitrogen and oxygen atoms in total. The van der Waals surface area contributed by atoms with Gasteiger partial charge in [0, 0.05) is 0 Å². The number of hydrogen-bond donors (Lipinski definition) is 0. The summed E-state index contributed by atoms with van der Waals surface area (Å²) < 4.78 is 0. The van der Waals surface area contributed by atoms with Gasteiger partial charge < -0.3 is 49.2 Å². The Hall–Kier alpha value is 3.89. The van der Waals surface area contributed by atoms with Crippen molar-refractivity contribution < 1.29 is 128 Å². The third kappa shape index (κ3) is 233. The fourth-order valence-corrected chi connectivity index (χ4v) is 0. The molecule has 0 aromatic heterocycles. The van der Waals surface area contributed by atoms with E-state index in [1.54, 1.807) is 0 Å². The molecule has 0 heterocycles. The molecule has 0 unspecified atom stereocenters. The summed E-state index contributed by atoms with van der Waals surface area (Å²) in [4.78, 5) is 0. The molecule has 0 amide bonds. The van der Waals surface area contributed by atoms with Gasteiger partial charge in [0.15, 0.2) is 0 Å². The fraction of sp³-hybridized carbons (Fsp3) is 0. The molecule has 0 radical (unpaired) electrons. The molecule has 14 heteroatoms. The molecule has 0 rings (SSSR count). The molecular formula is N8Pt3Ti3. The van der Waals surface area contributed by atoms with Crippen molar-refractivity contribution in [2.45, 2.75) is 0 Å². The van der Waals surface area contributed by atoms with Crippen LogP contribution in [-0.4, -0.2) is 0 Å². The van der Waals surface area contributed by atoms with Crippen molar-refractivity contribution in [2.24, 2.45) is 0 Å². The maximum atomic E-state index is 0. The van der Waals surface area contributed by atoms with Crippen LogP contribution in [-0.2, 0) is 128 Å². The average Bonchev–Trinajstić information content (AvgIpc) is 0. The third-order valence-corrected chi connectivity index (χ3v) is 0. The minimum Gasteiger partial charge on any atom is -3.00 e. The maximum Gasteiger partial charge on any atom is 4.00 e. The third-order valence-electron chi connectivity index (χ3n) is 0. The van der Waals surface area contributed by atoms with Crippen LogP contribution < -0.4 is 0 Å². The monoisotopic (exact) mass is 841 g/mol. The summed E-state index contributed by atoms with van der Waals surface area (Å²) in [5.41, 5.74) is 0. The molecule has 0 N–H and O–H groups in total. The van der Waals surface area contributed by atoms with Crippen molar-refractivity contribution in [1.82, 2.24) is 0 Å². The molecule has 82 valence electrons. The topological polar surface area (TPSA) is 244 Å². The van der Waals surface area contributed by atoms with Crippen LogP contribution in [0.2, 0.25) is 0 Å². The summed E-state index contributed by atoms with van der Waals surface area (Å²) >= 11 is 0. The van der Waals surface area contributed by atoms with E-state index >= 15 is 0 Å².